The average molecular weight is 407 g/mol. The molecule has 1 amide bonds. The van der Waals surface area contributed by atoms with Crippen molar-refractivity contribution in [2.24, 2.45) is 0 Å². The molecule has 1 aromatic carbocycles. The van der Waals surface area contributed by atoms with Gasteiger partial charge in [-0.3, -0.25) is 4.79 Å². The van der Waals surface area contributed by atoms with E-state index < -0.39 is 12.8 Å². The predicted molar refractivity (Wildman–Crippen MR) is 92.2 cm³/mol. The predicted octanol–water partition coefficient (Wildman–Crippen LogP) is 2.96. The number of amides is 1. The minimum atomic E-state index is -4.40. The number of benzene rings is 1. The first-order chi connectivity index (χ1) is 12.7. The van der Waals surface area contributed by atoms with Crippen molar-refractivity contribution in [3.8, 4) is 11.5 Å². The number of alkyl halides is 3. The minimum absolute atomic E-state index is 0.0417. The van der Waals surface area contributed by atoms with Crippen LogP contribution in [-0.4, -0.2) is 58.0 Å². The maximum absolute atomic E-state index is 11.9. The highest BCUT2D eigenvalue weighted by molar-refractivity contribution is 6.30. The number of halogens is 4. The number of rotatable bonds is 4. The topological polar surface area (TPSA) is 91.5 Å². The first kappa shape index (κ1) is 21.0. The monoisotopic (exact) mass is 406 g/mol. The Morgan fingerprint density at radius 2 is 2.00 bits per heavy atom. The van der Waals surface area contributed by atoms with Crippen molar-refractivity contribution in [2.75, 3.05) is 25.0 Å². The molecule has 3 rings (SSSR count). The smallest absolute Gasteiger partial charge is 0.403 e. The third-order valence-electron chi connectivity index (χ3n) is 3.73. The van der Waals surface area contributed by atoms with Crippen LogP contribution in [0.5, 0.6) is 0 Å². The van der Waals surface area contributed by atoms with E-state index in [0.717, 1.165) is 18.5 Å². The molecular formula is C16H18ClF3N4O3. The number of nitrogens with one attached hydrogen (secondary N) is 1. The molecule has 1 fully saturated rings. The summed E-state index contributed by atoms with van der Waals surface area (Å²) >= 11 is 5.83. The molecule has 27 heavy (non-hydrogen) atoms. The molecule has 1 unspecified atom stereocenters. The normalized spacial score (nSPS) is 16.2. The van der Waals surface area contributed by atoms with E-state index in [2.05, 4.69) is 15.5 Å². The van der Waals surface area contributed by atoms with E-state index in [1.54, 1.807) is 24.3 Å². The minimum Gasteiger partial charge on any atom is -0.403 e. The van der Waals surface area contributed by atoms with Crippen LogP contribution in [0.4, 0.5) is 19.2 Å². The fourth-order valence-corrected chi connectivity index (χ4v) is 2.27. The van der Waals surface area contributed by atoms with Gasteiger partial charge in [0.1, 0.15) is 6.61 Å². The summed E-state index contributed by atoms with van der Waals surface area (Å²) in [5.41, 5.74) is 0.780. The Kier molecular flexibility index (Phi) is 7.03. The molecule has 2 aromatic rings. The van der Waals surface area contributed by atoms with E-state index in [1.165, 1.54) is 0 Å². The number of carbonyl (C=O) groups is 1. The van der Waals surface area contributed by atoms with Gasteiger partial charge < -0.3 is 19.7 Å². The third kappa shape index (κ3) is 6.40. The Labute approximate surface area is 158 Å². The molecular weight excluding hydrogens is 389 g/mol. The van der Waals surface area contributed by atoms with E-state index in [0.29, 0.717) is 17.0 Å². The van der Waals surface area contributed by atoms with Gasteiger partial charge in [-0.15, -0.1) is 5.10 Å². The lowest BCUT2D eigenvalue weighted by atomic mass is 10.1. The van der Waals surface area contributed by atoms with Gasteiger partial charge in [0.05, 0.1) is 6.54 Å². The Morgan fingerprint density at radius 1 is 1.37 bits per heavy atom. The zero-order valence-corrected chi connectivity index (χ0v) is 15.1. The molecule has 1 aliphatic heterocycles. The van der Waals surface area contributed by atoms with Gasteiger partial charge in [0.25, 0.3) is 0 Å². The fraction of sp³-hybridized carbons (Fsp3) is 0.438. The fourth-order valence-electron chi connectivity index (χ4n) is 2.14. The van der Waals surface area contributed by atoms with Crippen molar-refractivity contribution in [1.82, 2.24) is 15.1 Å². The third-order valence-corrected chi connectivity index (χ3v) is 3.98. The van der Waals surface area contributed by atoms with Crippen LogP contribution in [0.1, 0.15) is 13.3 Å². The second kappa shape index (κ2) is 9.05. The highest BCUT2D eigenvalue weighted by Gasteiger charge is 2.28. The number of likely N-dealkylation sites (tertiary alicyclic amines) is 1. The lowest BCUT2D eigenvalue weighted by Gasteiger charge is -2.38. The Morgan fingerprint density at radius 3 is 2.48 bits per heavy atom. The van der Waals surface area contributed by atoms with Crippen LogP contribution >= 0.6 is 11.6 Å². The van der Waals surface area contributed by atoms with Gasteiger partial charge in [0.15, 0.2) is 0 Å². The van der Waals surface area contributed by atoms with Crippen LogP contribution in [0, 0.1) is 0 Å². The second-order valence-corrected chi connectivity index (χ2v) is 6.21. The molecule has 2 heterocycles. The SMILES string of the molecule is CC1CCN1C(=O)CNc1nnc(-c2ccc(Cl)cc2)o1.OCC(F)(F)F. The zero-order valence-electron chi connectivity index (χ0n) is 14.3. The Hall–Kier alpha value is -2.33. The molecule has 1 atom stereocenters. The molecule has 11 heteroatoms. The number of carbonyl (C=O) groups excluding carboxylic acids is 1. The number of hydrogen-bond acceptors (Lipinski definition) is 6. The molecule has 0 bridgehead atoms. The standard InChI is InChI=1S/C14H15ClN4O2.C2H3F3O/c1-9-6-7-19(9)12(20)8-16-14-18-17-13(21-14)10-2-4-11(15)5-3-10;3-2(4,5)1-6/h2-5,9H,6-8H2,1H3,(H,16,18);6H,1H2. The molecule has 0 radical (unpaired) electrons. The van der Waals surface area contributed by atoms with Crippen molar-refractivity contribution in [3.63, 3.8) is 0 Å². The quantitative estimate of drug-likeness (QED) is 0.811. The van der Waals surface area contributed by atoms with Crippen molar-refractivity contribution in [2.45, 2.75) is 25.6 Å². The summed E-state index contributed by atoms with van der Waals surface area (Å²) in [5, 5.41) is 18.6. The first-order valence-corrected chi connectivity index (χ1v) is 8.38. The van der Waals surface area contributed by atoms with Gasteiger partial charge in [-0.2, -0.15) is 13.2 Å². The maximum Gasteiger partial charge on any atom is 0.411 e. The molecule has 1 saturated heterocycles. The lowest BCUT2D eigenvalue weighted by Crippen LogP contribution is -2.51. The average Bonchev–Trinajstić information content (AvgIpc) is 3.08. The van der Waals surface area contributed by atoms with Gasteiger partial charge in [0, 0.05) is 23.2 Å². The molecule has 0 spiro atoms. The van der Waals surface area contributed by atoms with E-state index in [9.17, 15) is 18.0 Å². The molecule has 0 saturated carbocycles. The van der Waals surface area contributed by atoms with Crippen LogP contribution in [0.2, 0.25) is 5.02 Å². The van der Waals surface area contributed by atoms with Crippen molar-refractivity contribution in [1.29, 1.82) is 0 Å². The van der Waals surface area contributed by atoms with Gasteiger partial charge in [-0.05, 0) is 37.6 Å². The number of nitrogens with zero attached hydrogens (tertiary/aromatic N) is 3. The van der Waals surface area contributed by atoms with E-state index in [4.69, 9.17) is 21.1 Å². The van der Waals surface area contributed by atoms with Gasteiger partial charge in [-0.25, -0.2) is 0 Å². The molecule has 1 aliphatic rings. The van der Waals surface area contributed by atoms with Crippen molar-refractivity contribution < 1.29 is 27.5 Å². The Balaban J connectivity index is 0.000000380. The number of hydrogen-bond donors (Lipinski definition) is 2. The van der Waals surface area contributed by atoms with Crippen molar-refractivity contribution >= 4 is 23.5 Å². The summed E-state index contributed by atoms with van der Waals surface area (Å²) in [7, 11) is 0. The zero-order chi connectivity index (χ0) is 20.0. The van der Waals surface area contributed by atoms with Crippen molar-refractivity contribution in [3.05, 3.63) is 29.3 Å². The Bertz CT molecular complexity index is 752. The van der Waals surface area contributed by atoms with E-state index in [-0.39, 0.29) is 18.5 Å². The van der Waals surface area contributed by atoms with Gasteiger partial charge >= 0.3 is 12.2 Å². The van der Waals surface area contributed by atoms with E-state index >= 15 is 0 Å². The van der Waals surface area contributed by atoms with Gasteiger partial charge in [-0.1, -0.05) is 16.7 Å². The summed E-state index contributed by atoms with van der Waals surface area (Å²) in [6, 6.07) is 7.67. The highest BCUT2D eigenvalue weighted by Crippen LogP contribution is 2.22. The molecule has 148 valence electrons. The number of aromatic nitrogens is 2. The summed E-state index contributed by atoms with van der Waals surface area (Å²) < 4.78 is 37.1. The second-order valence-electron chi connectivity index (χ2n) is 5.77. The van der Waals surface area contributed by atoms with Crippen LogP contribution in [0.3, 0.4) is 0 Å². The number of anilines is 1. The number of aliphatic hydroxyl groups is 1. The van der Waals surface area contributed by atoms with Gasteiger partial charge in [0.2, 0.25) is 11.8 Å². The molecule has 2 N–H and O–H groups in total. The largest absolute Gasteiger partial charge is 0.411 e. The maximum atomic E-state index is 11.9. The van der Waals surface area contributed by atoms with Crippen LogP contribution in [-0.2, 0) is 4.79 Å². The lowest BCUT2D eigenvalue weighted by molar-refractivity contribution is -0.159. The molecule has 7 nitrogen and oxygen atoms in total. The van der Waals surface area contributed by atoms with Crippen LogP contribution < -0.4 is 5.32 Å². The summed E-state index contributed by atoms with van der Waals surface area (Å²) in [4.78, 5) is 13.7. The highest BCUT2D eigenvalue weighted by atomic mass is 35.5. The summed E-state index contributed by atoms with van der Waals surface area (Å²) in [6.07, 6.45) is -3.34. The summed E-state index contributed by atoms with van der Waals surface area (Å²) in [6.45, 7) is 1.29. The van der Waals surface area contributed by atoms with E-state index in [1.807, 2.05) is 11.8 Å². The summed E-state index contributed by atoms with van der Waals surface area (Å²) in [5.74, 6) is 0.430. The molecule has 0 aliphatic carbocycles. The van der Waals surface area contributed by atoms with Crippen LogP contribution in [0.25, 0.3) is 11.5 Å². The first-order valence-electron chi connectivity index (χ1n) is 8.00. The number of aliphatic hydroxyl groups excluding tert-OH is 1. The molecule has 1 aromatic heterocycles. The van der Waals surface area contributed by atoms with Crippen LogP contribution in [0.15, 0.2) is 28.7 Å².